The fraction of sp³-hybridized carbons (Fsp3) is 0.0909. The molecule has 0 atom stereocenters. The summed E-state index contributed by atoms with van der Waals surface area (Å²) in [4.78, 5) is 21.0. The highest BCUT2D eigenvalue weighted by Gasteiger charge is 2.18. The number of amides is 1. The highest BCUT2D eigenvalue weighted by molar-refractivity contribution is 6.01. The van der Waals surface area contributed by atoms with E-state index in [0.29, 0.717) is 22.6 Å². The standard InChI is InChI=1S/C22H16FN7O4/c1-32-20-11-18(34-29-20)22(31)26-19-6-8-24-21(25-19)16-10-17(15-7-9-33-28-15)30(27-16)12-13-4-2-3-5-14(13)23/h2-11H,12H2,1H3,(H,24,25,26,31). The van der Waals surface area contributed by atoms with Crippen molar-refractivity contribution in [1.82, 2.24) is 30.1 Å². The minimum absolute atomic E-state index is 0.0421. The van der Waals surface area contributed by atoms with Crippen molar-refractivity contribution in [3.63, 3.8) is 0 Å². The van der Waals surface area contributed by atoms with E-state index in [4.69, 9.17) is 13.8 Å². The summed E-state index contributed by atoms with van der Waals surface area (Å²) in [5.41, 5.74) is 1.94. The lowest BCUT2D eigenvalue weighted by Gasteiger charge is -2.06. The van der Waals surface area contributed by atoms with Crippen molar-refractivity contribution >= 4 is 11.7 Å². The van der Waals surface area contributed by atoms with Crippen LogP contribution in [0.2, 0.25) is 0 Å². The smallest absolute Gasteiger partial charge is 0.295 e. The van der Waals surface area contributed by atoms with Crippen LogP contribution in [-0.4, -0.2) is 43.1 Å². The molecule has 5 aromatic rings. The molecule has 0 aliphatic rings. The lowest BCUT2D eigenvalue weighted by molar-refractivity contribution is 0.0987. The van der Waals surface area contributed by atoms with E-state index in [9.17, 15) is 9.18 Å². The number of carbonyl (C=O) groups is 1. The van der Waals surface area contributed by atoms with Gasteiger partial charge in [-0.05, 0) is 23.4 Å². The van der Waals surface area contributed by atoms with Crippen molar-refractivity contribution in [3.8, 4) is 28.8 Å². The average molecular weight is 461 g/mol. The van der Waals surface area contributed by atoms with E-state index in [1.165, 1.54) is 37.8 Å². The van der Waals surface area contributed by atoms with Gasteiger partial charge in [0.25, 0.3) is 11.8 Å². The largest absolute Gasteiger partial charge is 0.479 e. The van der Waals surface area contributed by atoms with E-state index in [1.807, 2.05) is 0 Å². The molecule has 12 heteroatoms. The van der Waals surface area contributed by atoms with E-state index in [2.05, 4.69) is 30.7 Å². The van der Waals surface area contributed by atoms with Gasteiger partial charge in [0, 0.05) is 17.8 Å². The molecule has 5 rings (SSSR count). The van der Waals surface area contributed by atoms with Crippen LogP contribution in [0.5, 0.6) is 5.88 Å². The summed E-state index contributed by atoms with van der Waals surface area (Å²) >= 11 is 0. The highest BCUT2D eigenvalue weighted by atomic mass is 19.1. The fourth-order valence-electron chi connectivity index (χ4n) is 3.18. The molecule has 1 amide bonds. The zero-order valence-electron chi connectivity index (χ0n) is 17.7. The molecule has 0 saturated heterocycles. The van der Waals surface area contributed by atoms with E-state index in [-0.39, 0.29) is 35.6 Å². The first kappa shape index (κ1) is 21.0. The number of ether oxygens (including phenoxy) is 1. The molecule has 11 nitrogen and oxygen atoms in total. The molecule has 1 N–H and O–H groups in total. The quantitative estimate of drug-likeness (QED) is 0.387. The Morgan fingerprint density at radius 1 is 1.15 bits per heavy atom. The van der Waals surface area contributed by atoms with Crippen LogP contribution in [-0.2, 0) is 6.54 Å². The molecule has 4 heterocycles. The summed E-state index contributed by atoms with van der Waals surface area (Å²) in [6.45, 7) is 0.151. The topological polar surface area (TPSA) is 134 Å². The summed E-state index contributed by atoms with van der Waals surface area (Å²) in [7, 11) is 1.41. The SMILES string of the molecule is COc1cc(C(=O)Nc2ccnc(-c3cc(-c4ccon4)n(Cc4ccccc4F)n3)n2)on1. The van der Waals surface area contributed by atoms with Gasteiger partial charge in [0.05, 0.1) is 25.4 Å². The number of methoxy groups -OCH3 is 1. The van der Waals surface area contributed by atoms with Crippen molar-refractivity contribution in [1.29, 1.82) is 0 Å². The fourth-order valence-corrected chi connectivity index (χ4v) is 3.18. The number of aromatic nitrogens is 6. The maximum atomic E-state index is 14.3. The third-order valence-corrected chi connectivity index (χ3v) is 4.81. The second kappa shape index (κ2) is 8.94. The van der Waals surface area contributed by atoms with Crippen LogP contribution in [0.1, 0.15) is 16.1 Å². The van der Waals surface area contributed by atoms with Gasteiger partial charge < -0.3 is 19.1 Å². The first-order valence-electron chi connectivity index (χ1n) is 9.98. The lowest BCUT2D eigenvalue weighted by atomic mass is 10.2. The normalized spacial score (nSPS) is 10.9. The number of hydrogen-bond acceptors (Lipinski definition) is 9. The molecular formula is C22H16FN7O4. The van der Waals surface area contributed by atoms with Crippen molar-refractivity contribution in [3.05, 3.63) is 78.1 Å². The van der Waals surface area contributed by atoms with E-state index >= 15 is 0 Å². The number of benzene rings is 1. The molecule has 0 fully saturated rings. The number of hydrogen-bond donors (Lipinski definition) is 1. The van der Waals surface area contributed by atoms with Crippen molar-refractivity contribution in [2.24, 2.45) is 0 Å². The summed E-state index contributed by atoms with van der Waals surface area (Å²) < 4.78 is 30.7. The predicted molar refractivity (Wildman–Crippen MR) is 115 cm³/mol. The molecule has 4 aromatic heterocycles. The summed E-state index contributed by atoms with van der Waals surface area (Å²) in [6.07, 6.45) is 2.91. The van der Waals surface area contributed by atoms with Crippen LogP contribution < -0.4 is 10.1 Å². The van der Waals surface area contributed by atoms with Crippen LogP contribution >= 0.6 is 0 Å². The van der Waals surface area contributed by atoms with Gasteiger partial charge in [0.15, 0.2) is 5.82 Å². The molecule has 0 bridgehead atoms. The molecule has 170 valence electrons. The molecule has 0 unspecified atom stereocenters. The minimum Gasteiger partial charge on any atom is -0.479 e. The summed E-state index contributed by atoms with van der Waals surface area (Å²) in [5.74, 6) is -0.319. The zero-order chi connectivity index (χ0) is 23.5. The minimum atomic E-state index is -0.561. The third-order valence-electron chi connectivity index (χ3n) is 4.81. The van der Waals surface area contributed by atoms with Crippen LogP contribution in [0.3, 0.4) is 0 Å². The van der Waals surface area contributed by atoms with Crippen LogP contribution in [0.15, 0.2) is 70.0 Å². The highest BCUT2D eigenvalue weighted by Crippen LogP contribution is 2.25. The molecule has 0 aliphatic heterocycles. The van der Waals surface area contributed by atoms with Crippen molar-refractivity contribution in [2.75, 3.05) is 12.4 Å². The molecule has 34 heavy (non-hydrogen) atoms. The van der Waals surface area contributed by atoms with Gasteiger partial charge in [-0.3, -0.25) is 9.48 Å². The molecular weight excluding hydrogens is 445 g/mol. The number of anilines is 1. The number of nitrogens with zero attached hydrogens (tertiary/aromatic N) is 6. The third kappa shape index (κ3) is 4.24. The second-order valence-electron chi connectivity index (χ2n) is 7.00. The first-order valence-corrected chi connectivity index (χ1v) is 9.98. The lowest BCUT2D eigenvalue weighted by Crippen LogP contribution is -2.12. The Morgan fingerprint density at radius 2 is 2.03 bits per heavy atom. The van der Waals surface area contributed by atoms with Crippen molar-refractivity contribution in [2.45, 2.75) is 6.54 Å². The number of carbonyl (C=O) groups excluding carboxylic acids is 1. The van der Waals surface area contributed by atoms with Gasteiger partial charge in [0.1, 0.15) is 29.3 Å². The molecule has 0 spiro atoms. The Kier molecular flexibility index (Phi) is 5.52. The predicted octanol–water partition coefficient (Wildman–Crippen LogP) is 3.43. The van der Waals surface area contributed by atoms with Gasteiger partial charge in [-0.2, -0.15) is 5.10 Å². The van der Waals surface area contributed by atoms with Crippen LogP contribution in [0.4, 0.5) is 10.2 Å². The number of nitrogens with one attached hydrogen (secondary N) is 1. The molecule has 0 saturated carbocycles. The monoisotopic (exact) mass is 461 g/mol. The molecule has 0 aliphatic carbocycles. The Bertz CT molecular complexity index is 1450. The van der Waals surface area contributed by atoms with Gasteiger partial charge in [-0.1, -0.05) is 23.4 Å². The molecule has 0 radical (unpaired) electrons. The van der Waals surface area contributed by atoms with Crippen LogP contribution in [0, 0.1) is 5.82 Å². The number of halogens is 1. The maximum Gasteiger partial charge on any atom is 0.295 e. The summed E-state index contributed by atoms with van der Waals surface area (Å²) in [6, 6.07) is 12.7. The van der Waals surface area contributed by atoms with Crippen molar-refractivity contribution < 1.29 is 23.0 Å². The van der Waals surface area contributed by atoms with Gasteiger partial charge >= 0.3 is 0 Å². The number of rotatable bonds is 7. The average Bonchev–Trinajstić information content (AvgIpc) is 3.61. The van der Waals surface area contributed by atoms with Crippen LogP contribution in [0.25, 0.3) is 22.9 Å². The first-order chi connectivity index (χ1) is 16.6. The van der Waals surface area contributed by atoms with E-state index in [0.717, 1.165) is 0 Å². The maximum absolute atomic E-state index is 14.3. The summed E-state index contributed by atoms with van der Waals surface area (Å²) in [5, 5.41) is 14.7. The van der Waals surface area contributed by atoms with Gasteiger partial charge in [-0.25, -0.2) is 14.4 Å². The Morgan fingerprint density at radius 3 is 2.79 bits per heavy atom. The Labute approximate surface area is 191 Å². The Hall–Kier alpha value is -4.87. The second-order valence-corrected chi connectivity index (χ2v) is 7.00. The van der Waals surface area contributed by atoms with E-state index < -0.39 is 5.91 Å². The van der Waals surface area contributed by atoms with Gasteiger partial charge in [-0.15, -0.1) is 0 Å². The van der Waals surface area contributed by atoms with Gasteiger partial charge in [0.2, 0.25) is 5.76 Å². The van der Waals surface area contributed by atoms with E-state index in [1.54, 1.807) is 35.0 Å². The zero-order valence-corrected chi connectivity index (χ0v) is 17.7. The Balaban J connectivity index is 1.45. The molecule has 1 aromatic carbocycles.